The molecule has 0 aliphatic heterocycles. The van der Waals surface area contributed by atoms with E-state index in [-0.39, 0.29) is 5.54 Å². The predicted octanol–water partition coefficient (Wildman–Crippen LogP) is 4.25. The first-order valence-corrected chi connectivity index (χ1v) is 7.56. The van der Waals surface area contributed by atoms with Crippen LogP contribution in [0.4, 0.5) is 0 Å². The topological polar surface area (TPSA) is 26.0 Å². The normalized spacial score (nSPS) is 25.9. The Labute approximate surface area is 101 Å². The second kappa shape index (κ2) is 5.53. The summed E-state index contributed by atoms with van der Waals surface area (Å²) >= 11 is 0. The van der Waals surface area contributed by atoms with Crippen molar-refractivity contribution in [2.75, 3.05) is 0 Å². The van der Waals surface area contributed by atoms with E-state index in [1.807, 2.05) is 0 Å². The first-order chi connectivity index (χ1) is 7.77. The van der Waals surface area contributed by atoms with E-state index in [4.69, 9.17) is 5.73 Å². The molecule has 0 saturated heterocycles. The second-order valence-electron chi connectivity index (χ2n) is 6.14. The maximum atomic E-state index is 6.85. The first-order valence-electron chi connectivity index (χ1n) is 7.56. The highest BCUT2D eigenvalue weighted by atomic mass is 14.8. The van der Waals surface area contributed by atoms with Crippen LogP contribution in [0.3, 0.4) is 0 Å². The summed E-state index contributed by atoms with van der Waals surface area (Å²) in [4.78, 5) is 0. The van der Waals surface area contributed by atoms with Crippen LogP contribution >= 0.6 is 0 Å². The molecule has 0 radical (unpaired) electrons. The van der Waals surface area contributed by atoms with Crippen LogP contribution in [0.5, 0.6) is 0 Å². The summed E-state index contributed by atoms with van der Waals surface area (Å²) in [6, 6.07) is 0. The molecule has 2 fully saturated rings. The maximum Gasteiger partial charge on any atom is 0.0208 e. The van der Waals surface area contributed by atoms with Crippen LogP contribution in [0.25, 0.3) is 0 Å². The Morgan fingerprint density at radius 1 is 0.812 bits per heavy atom. The van der Waals surface area contributed by atoms with Crippen molar-refractivity contribution in [2.45, 2.75) is 83.1 Å². The largest absolute Gasteiger partial charge is 0.325 e. The van der Waals surface area contributed by atoms with E-state index >= 15 is 0 Å². The van der Waals surface area contributed by atoms with Crippen molar-refractivity contribution in [3.63, 3.8) is 0 Å². The molecule has 0 aromatic rings. The van der Waals surface area contributed by atoms with Crippen LogP contribution in [0, 0.1) is 11.8 Å². The van der Waals surface area contributed by atoms with Gasteiger partial charge in [0.2, 0.25) is 0 Å². The van der Waals surface area contributed by atoms with E-state index in [1.165, 1.54) is 70.6 Å². The Balaban J connectivity index is 2.03. The fraction of sp³-hybridized carbons (Fsp3) is 1.00. The Morgan fingerprint density at radius 3 is 1.50 bits per heavy atom. The summed E-state index contributed by atoms with van der Waals surface area (Å²) in [5, 5.41) is 0. The van der Waals surface area contributed by atoms with Gasteiger partial charge in [0.25, 0.3) is 0 Å². The lowest BCUT2D eigenvalue weighted by molar-refractivity contribution is 0.101. The quantitative estimate of drug-likeness (QED) is 0.760. The van der Waals surface area contributed by atoms with Crippen LogP contribution in [-0.2, 0) is 0 Å². The summed E-state index contributed by atoms with van der Waals surface area (Å²) < 4.78 is 0. The molecule has 94 valence electrons. The Hall–Kier alpha value is -0.0400. The molecule has 0 unspecified atom stereocenters. The number of hydrogen-bond acceptors (Lipinski definition) is 1. The van der Waals surface area contributed by atoms with Gasteiger partial charge in [0.05, 0.1) is 0 Å². The van der Waals surface area contributed by atoms with Gasteiger partial charge in [0.15, 0.2) is 0 Å². The molecule has 0 atom stereocenters. The molecule has 0 spiro atoms. The van der Waals surface area contributed by atoms with E-state index in [1.54, 1.807) is 0 Å². The van der Waals surface area contributed by atoms with Gasteiger partial charge in [-0.05, 0) is 43.9 Å². The number of nitrogens with two attached hydrogens (primary N) is 1. The maximum absolute atomic E-state index is 6.85. The summed E-state index contributed by atoms with van der Waals surface area (Å²) in [7, 11) is 0. The average molecular weight is 223 g/mol. The van der Waals surface area contributed by atoms with Crippen LogP contribution in [0.15, 0.2) is 0 Å². The highest BCUT2D eigenvalue weighted by molar-refractivity contribution is 4.97. The van der Waals surface area contributed by atoms with Gasteiger partial charge in [-0.15, -0.1) is 0 Å². The molecule has 0 bridgehead atoms. The van der Waals surface area contributed by atoms with Crippen molar-refractivity contribution < 1.29 is 0 Å². The van der Waals surface area contributed by atoms with Crippen LogP contribution < -0.4 is 5.73 Å². The third-order valence-electron chi connectivity index (χ3n) is 5.34. The molecule has 2 N–H and O–H groups in total. The Bertz CT molecular complexity index is 181. The molecule has 2 aliphatic carbocycles. The van der Waals surface area contributed by atoms with Gasteiger partial charge in [0.1, 0.15) is 0 Å². The monoisotopic (exact) mass is 223 g/mol. The van der Waals surface area contributed by atoms with Gasteiger partial charge >= 0.3 is 0 Å². The minimum atomic E-state index is 0.181. The molecular formula is C15H29N. The lowest BCUT2D eigenvalue weighted by Gasteiger charge is -2.46. The lowest BCUT2D eigenvalue weighted by atomic mass is 9.63. The van der Waals surface area contributed by atoms with E-state index in [0.717, 1.165) is 11.8 Å². The van der Waals surface area contributed by atoms with E-state index in [2.05, 4.69) is 6.92 Å². The van der Waals surface area contributed by atoms with Crippen LogP contribution in [-0.4, -0.2) is 5.54 Å². The zero-order valence-electron chi connectivity index (χ0n) is 11.0. The van der Waals surface area contributed by atoms with Crippen molar-refractivity contribution in [1.29, 1.82) is 0 Å². The van der Waals surface area contributed by atoms with E-state index < -0.39 is 0 Å². The summed E-state index contributed by atoms with van der Waals surface area (Å²) in [5.74, 6) is 1.66. The SMILES string of the molecule is CCC(N)(C1CCCCC1)C1CCCCC1. The van der Waals surface area contributed by atoms with Crippen molar-refractivity contribution in [1.82, 2.24) is 0 Å². The van der Waals surface area contributed by atoms with Crippen molar-refractivity contribution in [2.24, 2.45) is 17.6 Å². The fourth-order valence-corrected chi connectivity index (χ4v) is 4.19. The minimum absolute atomic E-state index is 0.181. The lowest BCUT2D eigenvalue weighted by Crippen LogP contribution is -2.54. The molecule has 0 aromatic heterocycles. The van der Waals surface area contributed by atoms with E-state index in [0.29, 0.717) is 0 Å². The number of rotatable bonds is 3. The molecule has 2 aliphatic rings. The van der Waals surface area contributed by atoms with Gasteiger partial charge < -0.3 is 5.73 Å². The van der Waals surface area contributed by atoms with E-state index in [9.17, 15) is 0 Å². The Morgan fingerprint density at radius 2 is 1.19 bits per heavy atom. The van der Waals surface area contributed by atoms with Crippen LogP contribution in [0.2, 0.25) is 0 Å². The predicted molar refractivity (Wildman–Crippen MR) is 70.4 cm³/mol. The summed E-state index contributed by atoms with van der Waals surface area (Å²) in [6.45, 7) is 2.32. The number of hydrogen-bond donors (Lipinski definition) is 1. The second-order valence-corrected chi connectivity index (χ2v) is 6.14. The average Bonchev–Trinajstić information content (AvgIpc) is 2.40. The van der Waals surface area contributed by atoms with Gasteiger partial charge in [-0.25, -0.2) is 0 Å². The third-order valence-corrected chi connectivity index (χ3v) is 5.34. The third kappa shape index (κ3) is 2.45. The zero-order chi connectivity index (χ0) is 11.4. The molecular weight excluding hydrogens is 194 g/mol. The fourth-order valence-electron chi connectivity index (χ4n) is 4.19. The molecule has 0 aromatic carbocycles. The molecule has 0 amide bonds. The summed E-state index contributed by atoms with van der Waals surface area (Å²) in [5.41, 5.74) is 7.03. The molecule has 0 heterocycles. The van der Waals surface area contributed by atoms with Gasteiger partial charge in [0, 0.05) is 5.54 Å². The zero-order valence-corrected chi connectivity index (χ0v) is 11.0. The van der Waals surface area contributed by atoms with Gasteiger partial charge in [-0.3, -0.25) is 0 Å². The highest BCUT2D eigenvalue weighted by Gasteiger charge is 2.40. The molecule has 2 rings (SSSR count). The van der Waals surface area contributed by atoms with Crippen molar-refractivity contribution >= 4 is 0 Å². The van der Waals surface area contributed by atoms with Gasteiger partial charge in [-0.1, -0.05) is 45.4 Å². The van der Waals surface area contributed by atoms with Gasteiger partial charge in [-0.2, -0.15) is 0 Å². The Kier molecular flexibility index (Phi) is 4.29. The molecule has 16 heavy (non-hydrogen) atoms. The van der Waals surface area contributed by atoms with Crippen LogP contribution in [0.1, 0.15) is 77.6 Å². The van der Waals surface area contributed by atoms with Crippen molar-refractivity contribution in [3.8, 4) is 0 Å². The molecule has 2 saturated carbocycles. The molecule has 1 heteroatoms. The molecule has 1 nitrogen and oxygen atoms in total. The van der Waals surface area contributed by atoms with Crippen molar-refractivity contribution in [3.05, 3.63) is 0 Å². The standard InChI is InChI=1S/C15H29N/c1-2-15(16,13-9-5-3-6-10-13)14-11-7-4-8-12-14/h13-14H,2-12,16H2,1H3. The smallest absolute Gasteiger partial charge is 0.0208 e. The minimum Gasteiger partial charge on any atom is -0.325 e. The highest BCUT2D eigenvalue weighted by Crippen LogP contribution is 2.42. The first kappa shape index (κ1) is 12.4. The summed E-state index contributed by atoms with van der Waals surface area (Å²) in [6.07, 6.45) is 15.4.